The molecular formula is C22H21N3O5S2. The molecule has 2 N–H and O–H groups in total. The number of hydrogen-bond donors (Lipinski definition) is 2. The molecule has 2 aromatic heterocycles. The first-order chi connectivity index (χ1) is 15.5. The zero-order valence-electron chi connectivity index (χ0n) is 17.0. The predicted molar refractivity (Wildman–Crippen MR) is 116 cm³/mol. The van der Waals surface area contributed by atoms with Crippen LogP contribution in [0.2, 0.25) is 0 Å². The summed E-state index contributed by atoms with van der Waals surface area (Å²) in [5.41, 5.74) is 1.04. The Bertz CT molecular complexity index is 1180. The summed E-state index contributed by atoms with van der Waals surface area (Å²) in [4.78, 5) is 59.1. The van der Waals surface area contributed by atoms with Crippen LogP contribution in [0.4, 0.5) is 0 Å². The van der Waals surface area contributed by atoms with Gasteiger partial charge in [0.05, 0.1) is 16.9 Å². The van der Waals surface area contributed by atoms with E-state index in [2.05, 4.69) is 9.97 Å². The molecule has 2 aliphatic heterocycles. The summed E-state index contributed by atoms with van der Waals surface area (Å²) in [6.45, 7) is 0.172. The van der Waals surface area contributed by atoms with E-state index in [4.69, 9.17) is 5.11 Å². The van der Waals surface area contributed by atoms with Gasteiger partial charge in [0.25, 0.3) is 0 Å². The standard InChI is InChI=1S/C22H21N3O5S2/c26-12(27)4-2-6-25-20(28)15-10-7-11(16(15)21(25)29)17-14(10)13(9-3-1-5-23-8-9)18-19(31-17)24-22(30)32-18/h1,3,5,8,10-11,13-17H,2,4,6-7H2,(H,24,30)(H,26,27)/t10-,11-,13-,14+,15-,16+,17-/m1/s1. The number of carbonyl (C=O) groups is 3. The number of thioether (sulfide) groups is 1. The molecule has 6 rings (SSSR count). The fourth-order valence-electron chi connectivity index (χ4n) is 6.62. The van der Waals surface area contributed by atoms with E-state index in [1.54, 1.807) is 18.0 Å². The lowest BCUT2D eigenvalue weighted by atomic mass is 9.68. The van der Waals surface area contributed by atoms with Crippen molar-refractivity contribution in [3.63, 3.8) is 0 Å². The van der Waals surface area contributed by atoms with Crippen molar-refractivity contribution in [3.05, 3.63) is 44.6 Å². The van der Waals surface area contributed by atoms with Crippen molar-refractivity contribution < 1.29 is 19.5 Å². The van der Waals surface area contributed by atoms with Crippen LogP contribution in [0.3, 0.4) is 0 Å². The van der Waals surface area contributed by atoms with Gasteiger partial charge in [-0.2, -0.15) is 0 Å². The van der Waals surface area contributed by atoms with E-state index >= 15 is 0 Å². The number of nitrogens with zero attached hydrogens (tertiary/aromatic N) is 2. The number of aromatic amines is 1. The highest BCUT2D eigenvalue weighted by Crippen LogP contribution is 2.68. The van der Waals surface area contributed by atoms with Crippen molar-refractivity contribution in [1.82, 2.24) is 14.9 Å². The summed E-state index contributed by atoms with van der Waals surface area (Å²) >= 11 is 2.89. The molecule has 1 saturated heterocycles. The number of aromatic nitrogens is 2. The number of H-pyrrole nitrogens is 1. The minimum Gasteiger partial charge on any atom is -0.481 e. The Labute approximate surface area is 191 Å². The Morgan fingerprint density at radius 3 is 2.72 bits per heavy atom. The van der Waals surface area contributed by atoms with Crippen molar-refractivity contribution in [3.8, 4) is 0 Å². The van der Waals surface area contributed by atoms with Gasteiger partial charge in [0, 0.05) is 41.4 Å². The highest BCUT2D eigenvalue weighted by Gasteiger charge is 2.69. The van der Waals surface area contributed by atoms with Gasteiger partial charge in [-0.25, -0.2) is 0 Å². The molecule has 166 valence electrons. The van der Waals surface area contributed by atoms with Crippen LogP contribution in [0.5, 0.6) is 0 Å². The first-order valence-electron chi connectivity index (χ1n) is 10.8. The van der Waals surface area contributed by atoms with Crippen molar-refractivity contribution >= 4 is 40.9 Å². The second-order valence-corrected chi connectivity index (χ2v) is 11.3. The number of fused-ring (bicyclic) bond motifs is 9. The van der Waals surface area contributed by atoms with Crippen molar-refractivity contribution in [1.29, 1.82) is 0 Å². The van der Waals surface area contributed by atoms with Crippen LogP contribution in [-0.2, 0) is 14.4 Å². The number of thiazole rings is 1. The van der Waals surface area contributed by atoms with Crippen LogP contribution >= 0.6 is 23.1 Å². The molecule has 2 amide bonds. The van der Waals surface area contributed by atoms with Crippen molar-refractivity contribution in [2.24, 2.45) is 29.6 Å². The van der Waals surface area contributed by atoms with Crippen molar-refractivity contribution in [2.45, 2.75) is 35.5 Å². The zero-order valence-corrected chi connectivity index (χ0v) is 18.6. The summed E-state index contributed by atoms with van der Waals surface area (Å²) in [7, 11) is 0. The van der Waals surface area contributed by atoms with Gasteiger partial charge >= 0.3 is 10.8 Å². The Morgan fingerprint density at radius 1 is 1.22 bits per heavy atom. The molecule has 2 aliphatic carbocycles. The molecule has 2 aromatic rings. The maximum absolute atomic E-state index is 13.3. The van der Waals surface area contributed by atoms with Crippen LogP contribution in [0.25, 0.3) is 0 Å². The first kappa shape index (κ1) is 20.2. The number of imide groups is 1. The average Bonchev–Trinajstić information content (AvgIpc) is 3.49. The smallest absolute Gasteiger partial charge is 0.305 e. The normalized spacial score (nSPS) is 34.5. The van der Waals surface area contributed by atoms with Gasteiger partial charge in [-0.1, -0.05) is 17.4 Å². The number of amides is 2. The largest absolute Gasteiger partial charge is 0.481 e. The molecule has 7 atom stereocenters. The third-order valence-electron chi connectivity index (χ3n) is 7.63. The van der Waals surface area contributed by atoms with Crippen molar-refractivity contribution in [2.75, 3.05) is 6.54 Å². The number of hydrogen-bond acceptors (Lipinski definition) is 7. The number of carboxylic acid groups (broad SMARTS) is 1. The lowest BCUT2D eigenvalue weighted by Gasteiger charge is -2.42. The molecule has 0 spiro atoms. The van der Waals surface area contributed by atoms with Gasteiger partial charge < -0.3 is 10.1 Å². The van der Waals surface area contributed by atoms with E-state index in [0.29, 0.717) is 0 Å². The Balaban J connectivity index is 1.37. The maximum atomic E-state index is 13.3. The summed E-state index contributed by atoms with van der Waals surface area (Å²) in [5.74, 6) is -1.58. The summed E-state index contributed by atoms with van der Waals surface area (Å²) in [6, 6.07) is 3.92. The number of likely N-dealkylation sites (tertiary alicyclic amines) is 1. The summed E-state index contributed by atoms with van der Waals surface area (Å²) < 4.78 is 0. The minimum absolute atomic E-state index is 0.0196. The number of aliphatic carboxylic acids is 1. The van der Waals surface area contributed by atoms with E-state index in [-0.39, 0.29) is 76.8 Å². The summed E-state index contributed by atoms with van der Waals surface area (Å²) in [6.07, 6.45) is 4.63. The first-order valence-corrected chi connectivity index (χ1v) is 12.5. The predicted octanol–water partition coefficient (Wildman–Crippen LogP) is 2.17. The van der Waals surface area contributed by atoms with Gasteiger partial charge in [0.2, 0.25) is 11.8 Å². The minimum atomic E-state index is -0.925. The van der Waals surface area contributed by atoms with E-state index in [1.165, 1.54) is 16.2 Å². The molecule has 10 heteroatoms. The molecule has 0 unspecified atom stereocenters. The van der Waals surface area contributed by atoms with E-state index < -0.39 is 5.97 Å². The maximum Gasteiger partial charge on any atom is 0.305 e. The van der Waals surface area contributed by atoms with Crippen LogP contribution < -0.4 is 4.87 Å². The van der Waals surface area contributed by atoms with E-state index in [9.17, 15) is 19.2 Å². The SMILES string of the molecule is O=C(O)CCCN1C(=O)[C@@H]2[C@@H]3C[C@@H]([C@H]4Sc5[nH]c(=O)sc5[C@H](c5cccnc5)[C@H]34)[C@@H]2C1=O. The number of pyridine rings is 1. The van der Waals surface area contributed by atoms with Crippen LogP contribution in [0.1, 0.15) is 35.6 Å². The van der Waals surface area contributed by atoms with Gasteiger partial charge in [0.1, 0.15) is 0 Å². The molecule has 0 radical (unpaired) electrons. The van der Waals surface area contributed by atoms with E-state index in [0.717, 1.165) is 21.9 Å². The second kappa shape index (κ2) is 7.28. The lowest BCUT2D eigenvalue weighted by Crippen LogP contribution is -2.42. The average molecular weight is 472 g/mol. The van der Waals surface area contributed by atoms with Gasteiger partial charge in [-0.05, 0) is 42.2 Å². The molecule has 2 saturated carbocycles. The van der Waals surface area contributed by atoms with Crippen LogP contribution in [0.15, 0.2) is 34.3 Å². The number of rotatable bonds is 5. The van der Waals surface area contributed by atoms with E-state index in [1.807, 2.05) is 18.3 Å². The monoisotopic (exact) mass is 471 g/mol. The number of carbonyl (C=O) groups excluding carboxylic acids is 2. The molecule has 2 bridgehead atoms. The summed E-state index contributed by atoms with van der Waals surface area (Å²) in [5, 5.41) is 9.95. The molecule has 8 nitrogen and oxygen atoms in total. The molecule has 3 fully saturated rings. The second-order valence-electron chi connectivity index (χ2n) is 9.07. The molecule has 4 aliphatic rings. The molecule has 0 aromatic carbocycles. The van der Waals surface area contributed by atoms with Crippen LogP contribution in [-0.4, -0.2) is 49.6 Å². The molecule has 4 heterocycles. The van der Waals surface area contributed by atoms with Gasteiger partial charge in [0.15, 0.2) is 0 Å². The highest BCUT2D eigenvalue weighted by molar-refractivity contribution is 8.00. The number of carboxylic acids is 1. The fourth-order valence-corrected chi connectivity index (χ4v) is 9.51. The Kier molecular flexibility index (Phi) is 4.59. The Hall–Kier alpha value is -2.46. The van der Waals surface area contributed by atoms with Gasteiger partial charge in [-0.15, -0.1) is 11.8 Å². The molecular weight excluding hydrogens is 450 g/mol. The van der Waals surface area contributed by atoms with Gasteiger partial charge in [-0.3, -0.25) is 29.1 Å². The lowest BCUT2D eigenvalue weighted by molar-refractivity contribution is -0.142. The third kappa shape index (κ3) is 2.78. The molecule has 32 heavy (non-hydrogen) atoms. The zero-order chi connectivity index (χ0) is 22.1. The topological polar surface area (TPSA) is 120 Å². The highest BCUT2D eigenvalue weighted by atomic mass is 32.2. The third-order valence-corrected chi connectivity index (χ3v) is 10.2. The Morgan fingerprint density at radius 2 is 2.00 bits per heavy atom. The number of nitrogens with one attached hydrogen (secondary N) is 1. The quantitative estimate of drug-likeness (QED) is 0.641. The van der Waals surface area contributed by atoms with Crippen LogP contribution in [0, 0.1) is 29.6 Å². The fraction of sp³-hybridized carbons (Fsp3) is 0.500.